The van der Waals surface area contributed by atoms with Gasteiger partial charge in [-0.3, -0.25) is 9.69 Å². The Kier molecular flexibility index (Phi) is 3.29. The molecule has 1 aliphatic heterocycles. The summed E-state index contributed by atoms with van der Waals surface area (Å²) in [4.78, 5) is 12.8. The van der Waals surface area contributed by atoms with Crippen LogP contribution >= 0.6 is 0 Å². The predicted octanol–water partition coefficient (Wildman–Crippen LogP) is 0.969. The van der Waals surface area contributed by atoms with Gasteiger partial charge in [0.1, 0.15) is 0 Å². The van der Waals surface area contributed by atoms with Crippen molar-refractivity contribution in [3.8, 4) is 0 Å². The van der Waals surface area contributed by atoms with Crippen LogP contribution in [0.25, 0.3) is 0 Å². The summed E-state index contributed by atoms with van der Waals surface area (Å²) >= 11 is 0. The molecule has 1 atom stereocenters. The Morgan fingerprint density at radius 2 is 2.17 bits per heavy atom. The first-order chi connectivity index (χ1) is 5.74. The zero-order valence-corrected chi connectivity index (χ0v) is 7.36. The van der Waals surface area contributed by atoms with Crippen LogP contribution in [0, 0.1) is 5.92 Å². The maximum absolute atomic E-state index is 10.7. The summed E-state index contributed by atoms with van der Waals surface area (Å²) in [6.07, 6.45) is 4.87. The fourth-order valence-corrected chi connectivity index (χ4v) is 1.36. The fourth-order valence-electron chi connectivity index (χ4n) is 1.36. The lowest BCUT2D eigenvalue weighted by atomic mass is 10.1. The monoisotopic (exact) mass is 169 g/mol. The smallest absolute Gasteiger partial charge is 0.307 e. The van der Waals surface area contributed by atoms with E-state index in [2.05, 4.69) is 17.1 Å². The summed E-state index contributed by atoms with van der Waals surface area (Å²) in [5, 5.41) is 8.79. The minimum Gasteiger partial charge on any atom is -0.481 e. The summed E-state index contributed by atoms with van der Waals surface area (Å²) in [5.74, 6) is -0.880. The molecule has 1 N–H and O–H groups in total. The molecule has 0 fully saturated rings. The van der Waals surface area contributed by atoms with Gasteiger partial charge < -0.3 is 5.11 Å². The normalized spacial score (nSPS) is 19.8. The Bertz CT molecular complexity index is 181. The molecule has 0 amide bonds. The van der Waals surface area contributed by atoms with E-state index >= 15 is 0 Å². The molecule has 0 spiro atoms. The van der Waals surface area contributed by atoms with Gasteiger partial charge in [-0.2, -0.15) is 0 Å². The number of aliphatic carboxylic acids is 1. The van der Waals surface area contributed by atoms with Crippen molar-refractivity contribution in [3.63, 3.8) is 0 Å². The lowest BCUT2D eigenvalue weighted by molar-refractivity contribution is -0.142. The Labute approximate surface area is 72.7 Å². The zero-order chi connectivity index (χ0) is 8.97. The minimum absolute atomic E-state index is 0.204. The second kappa shape index (κ2) is 4.26. The topological polar surface area (TPSA) is 40.5 Å². The van der Waals surface area contributed by atoms with Crippen molar-refractivity contribution in [3.05, 3.63) is 12.2 Å². The number of carbonyl (C=O) groups is 1. The summed E-state index contributed by atoms with van der Waals surface area (Å²) < 4.78 is 0. The van der Waals surface area contributed by atoms with Crippen molar-refractivity contribution < 1.29 is 9.90 Å². The molecule has 0 aromatic rings. The van der Waals surface area contributed by atoms with Crippen LogP contribution in [0.15, 0.2) is 12.2 Å². The van der Waals surface area contributed by atoms with E-state index in [0.717, 1.165) is 13.1 Å². The van der Waals surface area contributed by atoms with E-state index in [4.69, 9.17) is 5.11 Å². The van der Waals surface area contributed by atoms with E-state index < -0.39 is 5.97 Å². The molecule has 3 nitrogen and oxygen atoms in total. The second-order valence-electron chi connectivity index (χ2n) is 3.13. The molecule has 1 aliphatic rings. The van der Waals surface area contributed by atoms with Gasteiger partial charge in [-0.15, -0.1) is 0 Å². The number of carboxylic acids is 1. The molecule has 0 saturated heterocycles. The Morgan fingerprint density at radius 1 is 1.58 bits per heavy atom. The third-order valence-electron chi connectivity index (χ3n) is 2.21. The number of hydrogen-bond donors (Lipinski definition) is 1. The Hall–Kier alpha value is -0.830. The first-order valence-corrected chi connectivity index (χ1v) is 4.34. The number of nitrogens with zero attached hydrogens (tertiary/aromatic N) is 1. The van der Waals surface area contributed by atoms with Crippen molar-refractivity contribution in [1.29, 1.82) is 0 Å². The van der Waals surface area contributed by atoms with Crippen LogP contribution in [0.1, 0.15) is 13.3 Å². The van der Waals surface area contributed by atoms with Gasteiger partial charge in [0.15, 0.2) is 0 Å². The van der Waals surface area contributed by atoms with Gasteiger partial charge in [-0.1, -0.05) is 19.1 Å². The highest BCUT2D eigenvalue weighted by Gasteiger charge is 2.18. The molecule has 1 rings (SSSR count). The minimum atomic E-state index is -0.676. The van der Waals surface area contributed by atoms with Gasteiger partial charge in [0.05, 0.1) is 5.92 Å². The van der Waals surface area contributed by atoms with E-state index in [1.807, 2.05) is 6.92 Å². The summed E-state index contributed by atoms with van der Waals surface area (Å²) in [6, 6.07) is 0. The predicted molar refractivity (Wildman–Crippen MR) is 47.0 cm³/mol. The van der Waals surface area contributed by atoms with E-state index in [1.54, 1.807) is 0 Å². The van der Waals surface area contributed by atoms with Crippen molar-refractivity contribution in [1.82, 2.24) is 4.90 Å². The van der Waals surface area contributed by atoms with Gasteiger partial charge in [-0.25, -0.2) is 0 Å². The number of hydrogen-bond acceptors (Lipinski definition) is 2. The molecule has 0 aliphatic carbocycles. The van der Waals surface area contributed by atoms with Gasteiger partial charge in [0.2, 0.25) is 0 Å². The molecule has 3 heteroatoms. The number of carboxylic acid groups (broad SMARTS) is 1. The second-order valence-corrected chi connectivity index (χ2v) is 3.13. The van der Waals surface area contributed by atoms with Crippen molar-refractivity contribution in [2.45, 2.75) is 13.3 Å². The lowest BCUT2D eigenvalue weighted by Crippen LogP contribution is -2.31. The molecule has 12 heavy (non-hydrogen) atoms. The van der Waals surface area contributed by atoms with Crippen molar-refractivity contribution >= 4 is 5.97 Å². The van der Waals surface area contributed by atoms with E-state index in [9.17, 15) is 4.79 Å². The van der Waals surface area contributed by atoms with Crippen LogP contribution in [0.2, 0.25) is 0 Å². The van der Waals surface area contributed by atoms with Crippen molar-refractivity contribution in [2.75, 3.05) is 19.6 Å². The van der Waals surface area contributed by atoms with Crippen molar-refractivity contribution in [2.24, 2.45) is 5.92 Å². The average Bonchev–Trinajstić information content (AvgIpc) is 2.51. The van der Waals surface area contributed by atoms with Crippen LogP contribution in [-0.4, -0.2) is 35.6 Å². The van der Waals surface area contributed by atoms with Gasteiger partial charge >= 0.3 is 5.97 Å². The maximum atomic E-state index is 10.7. The molecular formula is C9H15NO2. The molecular weight excluding hydrogens is 154 g/mol. The van der Waals surface area contributed by atoms with Crippen LogP contribution < -0.4 is 0 Å². The van der Waals surface area contributed by atoms with Crippen LogP contribution in [0.4, 0.5) is 0 Å². The first kappa shape index (κ1) is 9.26. The third-order valence-corrected chi connectivity index (χ3v) is 2.21. The highest BCUT2D eigenvalue weighted by atomic mass is 16.4. The van der Waals surface area contributed by atoms with E-state index in [1.165, 1.54) is 0 Å². The van der Waals surface area contributed by atoms with Crippen LogP contribution in [0.5, 0.6) is 0 Å². The zero-order valence-electron chi connectivity index (χ0n) is 7.36. The average molecular weight is 169 g/mol. The number of rotatable bonds is 4. The van der Waals surface area contributed by atoms with E-state index in [-0.39, 0.29) is 5.92 Å². The molecule has 0 bridgehead atoms. The summed E-state index contributed by atoms with van der Waals surface area (Å²) in [6.45, 7) is 4.41. The fraction of sp³-hybridized carbons (Fsp3) is 0.667. The van der Waals surface area contributed by atoms with Crippen LogP contribution in [0.3, 0.4) is 0 Å². The van der Waals surface area contributed by atoms with Gasteiger partial charge in [-0.05, 0) is 6.42 Å². The lowest BCUT2D eigenvalue weighted by Gasteiger charge is -2.18. The van der Waals surface area contributed by atoms with E-state index in [0.29, 0.717) is 13.0 Å². The van der Waals surface area contributed by atoms with Gasteiger partial charge in [0.25, 0.3) is 0 Å². The third kappa shape index (κ3) is 2.34. The van der Waals surface area contributed by atoms with Gasteiger partial charge in [0, 0.05) is 19.6 Å². The molecule has 1 unspecified atom stereocenters. The molecule has 0 saturated carbocycles. The SMILES string of the molecule is CCC(CN1CC=CC1)C(=O)O. The molecule has 0 radical (unpaired) electrons. The standard InChI is InChI=1S/C9H15NO2/c1-2-8(9(11)12)7-10-5-3-4-6-10/h3-4,8H,2,5-7H2,1H3,(H,11,12). The Balaban J connectivity index is 2.32. The summed E-state index contributed by atoms with van der Waals surface area (Å²) in [5.41, 5.74) is 0. The quantitative estimate of drug-likeness (QED) is 0.637. The summed E-state index contributed by atoms with van der Waals surface area (Å²) in [7, 11) is 0. The highest BCUT2D eigenvalue weighted by molar-refractivity contribution is 5.70. The molecule has 1 heterocycles. The maximum Gasteiger partial charge on any atom is 0.307 e. The highest BCUT2D eigenvalue weighted by Crippen LogP contribution is 2.08. The molecule has 0 aromatic heterocycles. The van der Waals surface area contributed by atoms with Crippen LogP contribution in [-0.2, 0) is 4.79 Å². The molecule has 0 aromatic carbocycles. The Morgan fingerprint density at radius 3 is 2.58 bits per heavy atom. The first-order valence-electron chi connectivity index (χ1n) is 4.34. The largest absolute Gasteiger partial charge is 0.481 e. The molecule has 68 valence electrons.